The molecule has 0 aliphatic heterocycles. The maximum atomic E-state index is 13.6. The summed E-state index contributed by atoms with van der Waals surface area (Å²) in [4.78, 5) is 14.8. The second-order valence-corrected chi connectivity index (χ2v) is 3.93. The van der Waals surface area contributed by atoms with Crippen LogP contribution in [0.1, 0.15) is 15.9 Å². The maximum Gasteiger partial charge on any atom is 0.337 e. The van der Waals surface area contributed by atoms with E-state index in [0.717, 1.165) is 11.6 Å². The number of nitrogen functional groups attached to an aromatic ring is 1. The highest BCUT2D eigenvalue weighted by atomic mass is 19.1. The van der Waals surface area contributed by atoms with Crippen molar-refractivity contribution in [3.63, 3.8) is 0 Å². The molecule has 6 heteroatoms. The predicted molar refractivity (Wildman–Crippen MR) is 69.3 cm³/mol. The van der Waals surface area contributed by atoms with Gasteiger partial charge in [-0.1, -0.05) is 0 Å². The van der Waals surface area contributed by atoms with Crippen molar-refractivity contribution >= 4 is 17.3 Å². The SMILES string of the molecule is Nc1cc(F)c(NCc2ccncc2)cc1C(=O)O. The number of hydrogen-bond acceptors (Lipinski definition) is 4. The average molecular weight is 261 g/mol. The second-order valence-electron chi connectivity index (χ2n) is 3.93. The van der Waals surface area contributed by atoms with Gasteiger partial charge in [-0.15, -0.1) is 0 Å². The van der Waals surface area contributed by atoms with E-state index in [1.807, 2.05) is 0 Å². The molecule has 5 nitrogen and oxygen atoms in total. The molecule has 0 aliphatic rings. The number of nitrogens with two attached hydrogens (primary N) is 1. The van der Waals surface area contributed by atoms with Crippen LogP contribution in [0.3, 0.4) is 0 Å². The zero-order valence-corrected chi connectivity index (χ0v) is 9.93. The summed E-state index contributed by atoms with van der Waals surface area (Å²) >= 11 is 0. The van der Waals surface area contributed by atoms with Crippen molar-refractivity contribution in [2.75, 3.05) is 11.1 Å². The number of carbonyl (C=O) groups is 1. The Kier molecular flexibility index (Phi) is 3.61. The van der Waals surface area contributed by atoms with Gasteiger partial charge < -0.3 is 16.2 Å². The number of nitrogens with one attached hydrogen (secondary N) is 1. The number of anilines is 2. The summed E-state index contributed by atoms with van der Waals surface area (Å²) in [6, 6.07) is 5.74. The molecule has 0 amide bonds. The molecule has 1 aromatic heterocycles. The number of nitrogens with zero attached hydrogens (tertiary/aromatic N) is 1. The van der Waals surface area contributed by atoms with Crippen LogP contribution in [0, 0.1) is 5.82 Å². The highest BCUT2D eigenvalue weighted by Crippen LogP contribution is 2.22. The van der Waals surface area contributed by atoms with Gasteiger partial charge in [0.05, 0.1) is 11.3 Å². The molecule has 0 saturated carbocycles. The minimum Gasteiger partial charge on any atom is -0.478 e. The van der Waals surface area contributed by atoms with Crippen molar-refractivity contribution in [1.29, 1.82) is 0 Å². The van der Waals surface area contributed by atoms with E-state index in [-0.39, 0.29) is 16.9 Å². The minimum absolute atomic E-state index is 0.0977. The molecule has 0 unspecified atom stereocenters. The number of carboxylic acid groups (broad SMARTS) is 1. The first-order chi connectivity index (χ1) is 9.08. The number of rotatable bonds is 4. The maximum absolute atomic E-state index is 13.6. The van der Waals surface area contributed by atoms with Crippen LogP contribution in [0.2, 0.25) is 0 Å². The Bertz CT molecular complexity index is 602. The van der Waals surface area contributed by atoms with Crippen molar-refractivity contribution in [3.8, 4) is 0 Å². The van der Waals surface area contributed by atoms with Crippen LogP contribution in [0.5, 0.6) is 0 Å². The van der Waals surface area contributed by atoms with E-state index in [0.29, 0.717) is 6.54 Å². The van der Waals surface area contributed by atoms with Gasteiger partial charge in [-0.2, -0.15) is 0 Å². The number of benzene rings is 1. The Balaban J connectivity index is 2.21. The molecule has 0 atom stereocenters. The Morgan fingerprint density at radius 2 is 2.05 bits per heavy atom. The van der Waals surface area contributed by atoms with E-state index in [1.54, 1.807) is 24.5 Å². The van der Waals surface area contributed by atoms with Gasteiger partial charge >= 0.3 is 5.97 Å². The van der Waals surface area contributed by atoms with Gasteiger partial charge in [0.2, 0.25) is 0 Å². The van der Waals surface area contributed by atoms with E-state index in [9.17, 15) is 9.18 Å². The molecule has 0 saturated heterocycles. The third-order valence-electron chi connectivity index (χ3n) is 2.60. The lowest BCUT2D eigenvalue weighted by Crippen LogP contribution is -2.07. The van der Waals surface area contributed by atoms with E-state index in [4.69, 9.17) is 10.8 Å². The third kappa shape index (κ3) is 2.98. The van der Waals surface area contributed by atoms with E-state index in [2.05, 4.69) is 10.3 Å². The van der Waals surface area contributed by atoms with Crippen LogP contribution < -0.4 is 11.1 Å². The summed E-state index contributed by atoms with van der Waals surface area (Å²) in [5.41, 5.74) is 6.22. The molecule has 98 valence electrons. The van der Waals surface area contributed by atoms with Crippen LogP contribution in [-0.2, 0) is 6.54 Å². The summed E-state index contributed by atoms with van der Waals surface area (Å²) in [6.45, 7) is 0.364. The van der Waals surface area contributed by atoms with Crippen molar-refractivity contribution in [2.45, 2.75) is 6.54 Å². The molecule has 1 aromatic carbocycles. The fraction of sp³-hybridized carbons (Fsp3) is 0.0769. The highest BCUT2D eigenvalue weighted by Gasteiger charge is 2.12. The Labute approximate surface area is 108 Å². The zero-order valence-electron chi connectivity index (χ0n) is 9.93. The smallest absolute Gasteiger partial charge is 0.337 e. The van der Waals surface area contributed by atoms with Gasteiger partial charge in [0, 0.05) is 24.6 Å². The second kappa shape index (κ2) is 5.34. The van der Waals surface area contributed by atoms with Gasteiger partial charge in [0.25, 0.3) is 0 Å². The lowest BCUT2D eigenvalue weighted by molar-refractivity contribution is 0.0698. The first-order valence-electron chi connectivity index (χ1n) is 5.53. The lowest BCUT2D eigenvalue weighted by Gasteiger charge is -2.10. The summed E-state index contributed by atoms with van der Waals surface area (Å²) in [7, 11) is 0. The molecule has 0 spiro atoms. The number of hydrogen-bond donors (Lipinski definition) is 3. The number of carboxylic acids is 1. The molecular formula is C13H12FN3O2. The Hall–Kier alpha value is -2.63. The van der Waals surface area contributed by atoms with Crippen LogP contribution in [-0.4, -0.2) is 16.1 Å². The van der Waals surface area contributed by atoms with Crippen LogP contribution >= 0.6 is 0 Å². The van der Waals surface area contributed by atoms with Gasteiger partial charge in [-0.3, -0.25) is 4.98 Å². The molecular weight excluding hydrogens is 249 g/mol. The standard InChI is InChI=1S/C13H12FN3O2/c14-10-6-11(15)9(13(18)19)5-12(10)17-7-8-1-3-16-4-2-8/h1-6,17H,7,15H2,(H,18,19). The van der Waals surface area contributed by atoms with Crippen LogP contribution in [0.25, 0.3) is 0 Å². The molecule has 19 heavy (non-hydrogen) atoms. The monoisotopic (exact) mass is 261 g/mol. The fourth-order valence-electron chi connectivity index (χ4n) is 1.61. The van der Waals surface area contributed by atoms with E-state index >= 15 is 0 Å². The molecule has 4 N–H and O–H groups in total. The quantitative estimate of drug-likeness (QED) is 0.733. The van der Waals surface area contributed by atoms with Gasteiger partial charge in [-0.05, 0) is 29.8 Å². The summed E-state index contributed by atoms with van der Waals surface area (Å²) in [5.74, 6) is -1.78. The first kappa shape index (κ1) is 12.8. The van der Waals surface area contributed by atoms with Crippen molar-refractivity contribution in [3.05, 3.63) is 53.6 Å². The van der Waals surface area contributed by atoms with Gasteiger partial charge in [-0.25, -0.2) is 9.18 Å². The largest absolute Gasteiger partial charge is 0.478 e. The molecule has 2 rings (SSSR count). The molecule has 2 aromatic rings. The third-order valence-corrected chi connectivity index (χ3v) is 2.60. The lowest BCUT2D eigenvalue weighted by atomic mass is 10.1. The number of aromatic carboxylic acids is 1. The highest BCUT2D eigenvalue weighted by molar-refractivity contribution is 5.94. The fourth-order valence-corrected chi connectivity index (χ4v) is 1.61. The molecule has 0 aliphatic carbocycles. The summed E-state index contributed by atoms with van der Waals surface area (Å²) in [5, 5.41) is 11.8. The molecule has 0 fully saturated rings. The zero-order chi connectivity index (χ0) is 13.8. The molecule has 0 bridgehead atoms. The normalized spacial score (nSPS) is 10.2. The Morgan fingerprint density at radius 1 is 1.37 bits per heavy atom. The van der Waals surface area contributed by atoms with E-state index in [1.165, 1.54) is 6.07 Å². The van der Waals surface area contributed by atoms with Crippen LogP contribution in [0.15, 0.2) is 36.7 Å². The number of aromatic nitrogens is 1. The Morgan fingerprint density at radius 3 is 2.68 bits per heavy atom. The minimum atomic E-state index is -1.19. The number of pyridine rings is 1. The predicted octanol–water partition coefficient (Wildman–Crippen LogP) is 2.11. The topological polar surface area (TPSA) is 88.2 Å². The van der Waals surface area contributed by atoms with Crippen molar-refractivity contribution in [1.82, 2.24) is 4.98 Å². The van der Waals surface area contributed by atoms with Gasteiger partial charge in [0.15, 0.2) is 0 Å². The molecule has 1 heterocycles. The molecule has 0 radical (unpaired) electrons. The van der Waals surface area contributed by atoms with E-state index < -0.39 is 11.8 Å². The summed E-state index contributed by atoms with van der Waals surface area (Å²) < 4.78 is 13.6. The number of halogens is 1. The van der Waals surface area contributed by atoms with Crippen molar-refractivity contribution < 1.29 is 14.3 Å². The van der Waals surface area contributed by atoms with Crippen molar-refractivity contribution in [2.24, 2.45) is 0 Å². The first-order valence-corrected chi connectivity index (χ1v) is 5.53. The average Bonchev–Trinajstić information content (AvgIpc) is 2.38. The van der Waals surface area contributed by atoms with Crippen LogP contribution in [0.4, 0.5) is 15.8 Å². The summed E-state index contributed by atoms with van der Waals surface area (Å²) in [6.07, 6.45) is 3.25. The van der Waals surface area contributed by atoms with Gasteiger partial charge in [0.1, 0.15) is 5.82 Å².